The van der Waals surface area contributed by atoms with Gasteiger partial charge in [0.2, 0.25) is 6.23 Å². The van der Waals surface area contributed by atoms with E-state index >= 15 is 0 Å². The molecule has 0 bridgehead atoms. The molecule has 0 aromatic heterocycles. The zero-order chi connectivity index (χ0) is 18.7. The van der Waals surface area contributed by atoms with Crippen LogP contribution in [-0.4, -0.2) is 38.3 Å². The predicted octanol–water partition coefficient (Wildman–Crippen LogP) is 1.84. The summed E-state index contributed by atoms with van der Waals surface area (Å²) in [7, 11) is 3.96. The van der Waals surface area contributed by atoms with Crippen LogP contribution in [0.25, 0.3) is 0 Å². The van der Waals surface area contributed by atoms with Gasteiger partial charge in [0, 0.05) is 37.5 Å². The summed E-state index contributed by atoms with van der Waals surface area (Å²) in [5, 5.41) is 13.0. The summed E-state index contributed by atoms with van der Waals surface area (Å²) < 4.78 is 24.7. The number of hydrogen-bond donors (Lipinski definition) is 1. The topological polar surface area (TPSA) is 81.5 Å². The molecule has 2 aromatic carbocycles. The molecule has 0 spiro atoms. The molecule has 8 heteroatoms. The molecule has 1 fully saturated rings. The van der Waals surface area contributed by atoms with Gasteiger partial charge in [-0.3, -0.25) is 10.1 Å². The van der Waals surface area contributed by atoms with Crippen LogP contribution in [0.3, 0.4) is 0 Å². The van der Waals surface area contributed by atoms with Crippen molar-refractivity contribution in [3.8, 4) is 5.75 Å². The quantitative estimate of drug-likeness (QED) is 0.626. The fourth-order valence-electron chi connectivity index (χ4n) is 2.82. The van der Waals surface area contributed by atoms with Crippen molar-refractivity contribution in [2.24, 2.45) is 0 Å². The molecule has 7 nitrogen and oxygen atoms in total. The van der Waals surface area contributed by atoms with Crippen LogP contribution in [0.2, 0.25) is 0 Å². The van der Waals surface area contributed by atoms with E-state index in [0.29, 0.717) is 6.54 Å². The first kappa shape index (κ1) is 18.1. The Morgan fingerprint density at radius 2 is 2.04 bits per heavy atom. The summed E-state index contributed by atoms with van der Waals surface area (Å²) in [5.41, 5.74) is 1.88. The van der Waals surface area contributed by atoms with Crippen LogP contribution in [0.5, 0.6) is 5.75 Å². The molecule has 1 heterocycles. The minimum atomic E-state index is -0.592. The van der Waals surface area contributed by atoms with E-state index in [1.54, 1.807) is 0 Å². The van der Waals surface area contributed by atoms with Crippen molar-refractivity contribution in [1.29, 1.82) is 0 Å². The Bertz CT molecular complexity index is 783. The number of quaternary nitrogens is 1. The van der Waals surface area contributed by atoms with Gasteiger partial charge in [0.1, 0.15) is 25.1 Å². The van der Waals surface area contributed by atoms with Gasteiger partial charge >= 0.3 is 5.69 Å². The number of nitrogens with zero attached hydrogens (tertiary/aromatic N) is 2. The van der Waals surface area contributed by atoms with E-state index in [1.807, 2.05) is 48.6 Å². The predicted molar refractivity (Wildman–Crippen MR) is 93.7 cm³/mol. The summed E-state index contributed by atoms with van der Waals surface area (Å²) in [6.07, 6.45) is -0.390. The highest BCUT2D eigenvalue weighted by atomic mass is 19.1. The first-order valence-corrected chi connectivity index (χ1v) is 8.27. The first-order chi connectivity index (χ1) is 12.4. The summed E-state index contributed by atoms with van der Waals surface area (Å²) in [6, 6.07) is 11.2. The number of nitro benzene ring substituents is 1. The van der Waals surface area contributed by atoms with Crippen LogP contribution < -0.4 is 15.0 Å². The lowest BCUT2D eigenvalue weighted by Crippen LogP contribution is -2.82. The molecule has 3 rings (SSSR count). The maximum absolute atomic E-state index is 13.3. The van der Waals surface area contributed by atoms with Gasteiger partial charge in [0.25, 0.3) is 0 Å². The molecular weight excluding hydrogens is 341 g/mol. The van der Waals surface area contributed by atoms with Crippen molar-refractivity contribution in [2.45, 2.75) is 12.3 Å². The van der Waals surface area contributed by atoms with Gasteiger partial charge in [-0.05, 0) is 30.3 Å². The Hall–Kier alpha value is -2.71. The molecule has 2 N–H and O–H groups in total. The lowest BCUT2D eigenvalue weighted by Gasteiger charge is -2.14. The maximum atomic E-state index is 13.3. The third-order valence-corrected chi connectivity index (χ3v) is 4.23. The van der Waals surface area contributed by atoms with E-state index in [-0.39, 0.29) is 30.4 Å². The number of rotatable bonds is 6. The third kappa shape index (κ3) is 4.09. The Morgan fingerprint density at radius 3 is 2.69 bits per heavy atom. The molecule has 0 amide bonds. The van der Waals surface area contributed by atoms with Crippen LogP contribution in [0.4, 0.5) is 15.8 Å². The van der Waals surface area contributed by atoms with E-state index in [9.17, 15) is 14.5 Å². The largest absolute Gasteiger partial charge is 0.484 e. The van der Waals surface area contributed by atoms with E-state index in [4.69, 9.17) is 9.47 Å². The van der Waals surface area contributed by atoms with Crippen molar-refractivity contribution in [3.63, 3.8) is 0 Å². The van der Waals surface area contributed by atoms with Gasteiger partial charge in [0.05, 0.1) is 4.92 Å². The number of halogens is 1. The normalized spacial score (nSPS) is 19.3. The summed E-state index contributed by atoms with van der Waals surface area (Å²) >= 11 is 0. The molecule has 138 valence electrons. The zero-order valence-electron chi connectivity index (χ0n) is 14.6. The Kier molecular flexibility index (Phi) is 5.34. The van der Waals surface area contributed by atoms with Crippen LogP contribution in [0, 0.1) is 15.9 Å². The molecule has 0 radical (unpaired) electrons. The molecular formula is C18H21FN3O4+. The standard InChI is InChI=1S/C18H20FN3O4/c1-21(2)14-6-3-12(4-7-14)18-20-10-15(26-18)11-25-17-9-13(19)5-8-16(17)22(23)24/h3-9,15,18,20H,10-11H2,1-2H3/p+1/t15-,18+/m1/s1. The lowest BCUT2D eigenvalue weighted by molar-refractivity contribution is -0.697. The molecule has 1 aliphatic heterocycles. The van der Waals surface area contributed by atoms with Crippen LogP contribution in [0.15, 0.2) is 42.5 Å². The molecule has 0 unspecified atom stereocenters. The minimum Gasteiger partial charge on any atom is -0.484 e. The Morgan fingerprint density at radius 1 is 1.31 bits per heavy atom. The number of anilines is 1. The van der Waals surface area contributed by atoms with Crippen molar-refractivity contribution in [2.75, 3.05) is 32.1 Å². The molecule has 2 atom stereocenters. The average Bonchev–Trinajstić information content (AvgIpc) is 3.09. The van der Waals surface area contributed by atoms with Gasteiger partial charge in [-0.2, -0.15) is 0 Å². The average molecular weight is 362 g/mol. The van der Waals surface area contributed by atoms with Crippen LogP contribution in [-0.2, 0) is 4.74 Å². The van der Waals surface area contributed by atoms with Crippen molar-refractivity contribution in [1.82, 2.24) is 0 Å². The second-order valence-corrected chi connectivity index (χ2v) is 6.32. The SMILES string of the molecule is CN(C)c1ccc([C@H]2[NH2+]C[C@H](COc3cc(F)ccc3[N+](=O)[O-])O2)cc1. The lowest BCUT2D eigenvalue weighted by atomic mass is 10.2. The molecule has 0 aliphatic carbocycles. The summed E-state index contributed by atoms with van der Waals surface area (Å²) in [5.74, 6) is -0.666. The monoisotopic (exact) mass is 362 g/mol. The number of benzene rings is 2. The van der Waals surface area contributed by atoms with Crippen LogP contribution in [0.1, 0.15) is 11.8 Å². The minimum absolute atomic E-state index is 0.0858. The van der Waals surface area contributed by atoms with E-state index in [0.717, 1.165) is 29.4 Å². The van der Waals surface area contributed by atoms with E-state index in [1.165, 1.54) is 0 Å². The van der Waals surface area contributed by atoms with Crippen molar-refractivity contribution >= 4 is 11.4 Å². The second-order valence-electron chi connectivity index (χ2n) is 6.32. The number of nitrogens with two attached hydrogens (primary N) is 1. The van der Waals surface area contributed by atoms with E-state index in [2.05, 4.69) is 0 Å². The first-order valence-electron chi connectivity index (χ1n) is 8.27. The van der Waals surface area contributed by atoms with Gasteiger partial charge < -0.3 is 19.7 Å². The zero-order valence-corrected chi connectivity index (χ0v) is 14.6. The summed E-state index contributed by atoms with van der Waals surface area (Å²) in [6.45, 7) is 0.774. The Balaban J connectivity index is 1.60. The fraction of sp³-hybridized carbons (Fsp3) is 0.333. The third-order valence-electron chi connectivity index (χ3n) is 4.23. The van der Waals surface area contributed by atoms with Gasteiger partial charge in [-0.1, -0.05) is 0 Å². The molecule has 0 saturated carbocycles. The van der Waals surface area contributed by atoms with Crippen molar-refractivity contribution < 1.29 is 24.1 Å². The molecule has 26 heavy (non-hydrogen) atoms. The molecule has 2 aromatic rings. The highest BCUT2D eigenvalue weighted by Crippen LogP contribution is 2.28. The number of ether oxygens (including phenoxy) is 2. The highest BCUT2D eigenvalue weighted by Gasteiger charge is 2.31. The number of nitro groups is 1. The van der Waals surface area contributed by atoms with Crippen LogP contribution >= 0.6 is 0 Å². The highest BCUT2D eigenvalue weighted by molar-refractivity contribution is 5.47. The Labute approximate surface area is 150 Å². The fourth-order valence-corrected chi connectivity index (χ4v) is 2.82. The molecule has 1 aliphatic rings. The van der Waals surface area contributed by atoms with Gasteiger partial charge in [0.15, 0.2) is 5.75 Å². The van der Waals surface area contributed by atoms with Crippen molar-refractivity contribution in [3.05, 3.63) is 64.0 Å². The smallest absolute Gasteiger partial charge is 0.311 e. The number of hydrogen-bond acceptors (Lipinski definition) is 5. The summed E-state index contributed by atoms with van der Waals surface area (Å²) in [4.78, 5) is 12.4. The van der Waals surface area contributed by atoms with Gasteiger partial charge in [-0.15, -0.1) is 0 Å². The maximum Gasteiger partial charge on any atom is 0.311 e. The van der Waals surface area contributed by atoms with E-state index < -0.39 is 10.7 Å². The molecule has 1 saturated heterocycles. The van der Waals surface area contributed by atoms with Gasteiger partial charge in [-0.25, -0.2) is 4.39 Å². The second kappa shape index (κ2) is 7.67.